The highest BCUT2D eigenvalue weighted by Gasteiger charge is 2.33. The van der Waals surface area contributed by atoms with Crippen LogP contribution in [0, 0.1) is 5.92 Å². The van der Waals surface area contributed by atoms with Crippen LogP contribution in [0.3, 0.4) is 0 Å². The van der Waals surface area contributed by atoms with Gasteiger partial charge in [0.2, 0.25) is 10.0 Å². The Morgan fingerprint density at radius 2 is 2.11 bits per heavy atom. The molecule has 1 fully saturated rings. The van der Waals surface area contributed by atoms with Crippen molar-refractivity contribution in [1.82, 2.24) is 4.31 Å². The number of esters is 1. The van der Waals surface area contributed by atoms with Crippen molar-refractivity contribution in [2.24, 2.45) is 5.92 Å². The fourth-order valence-corrected chi connectivity index (χ4v) is 3.70. The smallest absolute Gasteiger partial charge is 0.306 e. The zero-order chi connectivity index (χ0) is 14.5. The molecule has 6 nitrogen and oxygen atoms in total. The molecule has 1 aliphatic rings. The molecular weight excluding hydrogens is 270 g/mol. The van der Waals surface area contributed by atoms with Crippen LogP contribution in [0.4, 0.5) is 0 Å². The van der Waals surface area contributed by atoms with E-state index in [9.17, 15) is 18.3 Å². The molecule has 0 aromatic carbocycles. The van der Waals surface area contributed by atoms with Gasteiger partial charge in [0.15, 0.2) is 0 Å². The molecule has 0 aromatic rings. The van der Waals surface area contributed by atoms with Crippen molar-refractivity contribution in [3.63, 3.8) is 0 Å². The summed E-state index contributed by atoms with van der Waals surface area (Å²) in [5.41, 5.74) is 0. The predicted molar refractivity (Wildman–Crippen MR) is 71.0 cm³/mol. The summed E-state index contributed by atoms with van der Waals surface area (Å²) in [4.78, 5) is 11.2. The van der Waals surface area contributed by atoms with E-state index in [-0.39, 0.29) is 24.7 Å². The average molecular weight is 293 g/mol. The van der Waals surface area contributed by atoms with Gasteiger partial charge in [-0.05, 0) is 25.7 Å². The first-order valence-electron chi connectivity index (χ1n) is 6.72. The van der Waals surface area contributed by atoms with E-state index in [4.69, 9.17) is 4.74 Å². The van der Waals surface area contributed by atoms with E-state index in [1.54, 1.807) is 6.92 Å². The van der Waals surface area contributed by atoms with Crippen LogP contribution in [0.5, 0.6) is 0 Å². The number of nitrogens with zero attached hydrogens (tertiary/aromatic N) is 1. The lowest BCUT2D eigenvalue weighted by Gasteiger charge is -2.34. The van der Waals surface area contributed by atoms with Crippen molar-refractivity contribution in [3.05, 3.63) is 0 Å². The molecule has 0 saturated carbocycles. The lowest BCUT2D eigenvalue weighted by atomic mass is 9.94. The van der Waals surface area contributed by atoms with Gasteiger partial charge in [-0.3, -0.25) is 4.79 Å². The van der Waals surface area contributed by atoms with Crippen molar-refractivity contribution in [1.29, 1.82) is 0 Å². The monoisotopic (exact) mass is 293 g/mol. The summed E-state index contributed by atoms with van der Waals surface area (Å²) in [7, 11) is -3.44. The third-order valence-electron chi connectivity index (χ3n) is 3.44. The van der Waals surface area contributed by atoms with Crippen molar-refractivity contribution in [2.75, 3.05) is 25.4 Å². The zero-order valence-corrected chi connectivity index (χ0v) is 12.4. The van der Waals surface area contributed by atoms with Crippen LogP contribution >= 0.6 is 0 Å². The normalized spacial score (nSPS) is 25.2. The Kier molecular flexibility index (Phi) is 6.22. The molecule has 0 radical (unpaired) electrons. The SMILES string of the molecule is CCOC(=O)CCS(=O)(=O)N1CCC(O)C(CC)C1. The van der Waals surface area contributed by atoms with Crippen LogP contribution < -0.4 is 0 Å². The van der Waals surface area contributed by atoms with Gasteiger partial charge < -0.3 is 9.84 Å². The molecule has 19 heavy (non-hydrogen) atoms. The number of carbonyl (C=O) groups excluding carboxylic acids is 1. The molecule has 0 aliphatic carbocycles. The van der Waals surface area contributed by atoms with Crippen LogP contribution in [-0.2, 0) is 19.6 Å². The number of ether oxygens (including phenoxy) is 1. The Morgan fingerprint density at radius 1 is 1.42 bits per heavy atom. The fraction of sp³-hybridized carbons (Fsp3) is 0.917. The highest BCUT2D eigenvalue weighted by atomic mass is 32.2. The maximum absolute atomic E-state index is 12.1. The summed E-state index contributed by atoms with van der Waals surface area (Å²) >= 11 is 0. The molecule has 1 saturated heterocycles. The molecule has 112 valence electrons. The van der Waals surface area contributed by atoms with Gasteiger partial charge in [-0.25, -0.2) is 12.7 Å². The molecule has 2 atom stereocenters. The van der Waals surface area contributed by atoms with Crippen LogP contribution in [0.2, 0.25) is 0 Å². The predicted octanol–water partition coefficient (Wildman–Crippen LogP) is 0.362. The first kappa shape index (κ1) is 16.4. The van der Waals surface area contributed by atoms with Gasteiger partial charge in [0.1, 0.15) is 0 Å². The summed E-state index contributed by atoms with van der Waals surface area (Å²) in [6.07, 6.45) is 0.648. The van der Waals surface area contributed by atoms with Crippen molar-refractivity contribution >= 4 is 16.0 Å². The van der Waals surface area contributed by atoms with E-state index in [0.717, 1.165) is 6.42 Å². The number of piperidine rings is 1. The van der Waals surface area contributed by atoms with Gasteiger partial charge in [-0.1, -0.05) is 6.92 Å². The Bertz CT molecular complexity index is 395. The Labute approximate surface area is 114 Å². The van der Waals surface area contributed by atoms with Crippen LogP contribution in [-0.4, -0.2) is 55.4 Å². The van der Waals surface area contributed by atoms with Gasteiger partial charge in [0, 0.05) is 13.1 Å². The van der Waals surface area contributed by atoms with E-state index in [2.05, 4.69) is 0 Å². The van der Waals surface area contributed by atoms with Gasteiger partial charge >= 0.3 is 5.97 Å². The number of hydrogen-bond acceptors (Lipinski definition) is 5. The molecule has 1 aliphatic heterocycles. The third kappa shape index (κ3) is 4.74. The summed E-state index contributed by atoms with van der Waals surface area (Å²) in [6.45, 7) is 4.53. The lowest BCUT2D eigenvalue weighted by molar-refractivity contribution is -0.142. The maximum atomic E-state index is 12.1. The summed E-state index contributed by atoms with van der Waals surface area (Å²) < 4.78 is 30.3. The molecule has 2 unspecified atom stereocenters. The first-order valence-corrected chi connectivity index (χ1v) is 8.33. The number of rotatable bonds is 6. The summed E-state index contributed by atoms with van der Waals surface area (Å²) in [6, 6.07) is 0. The Hall–Kier alpha value is -0.660. The third-order valence-corrected chi connectivity index (χ3v) is 5.28. The summed E-state index contributed by atoms with van der Waals surface area (Å²) in [5.74, 6) is -0.737. The topological polar surface area (TPSA) is 83.9 Å². The first-order chi connectivity index (χ1) is 8.90. The second-order valence-electron chi connectivity index (χ2n) is 4.75. The second-order valence-corrected chi connectivity index (χ2v) is 6.84. The number of aliphatic hydroxyl groups is 1. The molecule has 1 N–H and O–H groups in total. The minimum atomic E-state index is -3.44. The number of carbonyl (C=O) groups is 1. The molecule has 1 heterocycles. The van der Waals surface area contributed by atoms with Crippen LogP contribution in [0.1, 0.15) is 33.1 Å². The van der Waals surface area contributed by atoms with Crippen LogP contribution in [0.15, 0.2) is 0 Å². The minimum Gasteiger partial charge on any atom is -0.466 e. The van der Waals surface area contributed by atoms with E-state index in [1.165, 1.54) is 4.31 Å². The van der Waals surface area contributed by atoms with E-state index < -0.39 is 22.1 Å². The zero-order valence-electron chi connectivity index (χ0n) is 11.5. The number of sulfonamides is 1. The van der Waals surface area contributed by atoms with Gasteiger partial charge in [-0.15, -0.1) is 0 Å². The highest BCUT2D eigenvalue weighted by molar-refractivity contribution is 7.89. The maximum Gasteiger partial charge on any atom is 0.306 e. The standard InChI is InChI=1S/C12H23NO5S/c1-3-10-9-13(7-5-11(10)14)19(16,17)8-6-12(15)18-4-2/h10-11,14H,3-9H2,1-2H3. The number of hydrogen-bond donors (Lipinski definition) is 1. The van der Waals surface area contributed by atoms with E-state index in [0.29, 0.717) is 19.5 Å². The largest absolute Gasteiger partial charge is 0.466 e. The fourth-order valence-electron chi connectivity index (χ4n) is 2.21. The molecule has 0 bridgehead atoms. The molecule has 7 heteroatoms. The number of aliphatic hydroxyl groups excluding tert-OH is 1. The average Bonchev–Trinajstić information content (AvgIpc) is 2.37. The molecule has 0 spiro atoms. The van der Waals surface area contributed by atoms with Crippen molar-refractivity contribution < 1.29 is 23.1 Å². The van der Waals surface area contributed by atoms with Gasteiger partial charge in [0.25, 0.3) is 0 Å². The molecule has 0 aromatic heterocycles. The van der Waals surface area contributed by atoms with E-state index >= 15 is 0 Å². The molecule has 1 rings (SSSR count). The van der Waals surface area contributed by atoms with Crippen LogP contribution in [0.25, 0.3) is 0 Å². The lowest BCUT2D eigenvalue weighted by Crippen LogP contribution is -2.46. The van der Waals surface area contributed by atoms with Gasteiger partial charge in [-0.2, -0.15) is 0 Å². The van der Waals surface area contributed by atoms with Gasteiger partial charge in [0.05, 0.1) is 24.9 Å². The highest BCUT2D eigenvalue weighted by Crippen LogP contribution is 2.22. The summed E-state index contributed by atoms with van der Waals surface area (Å²) in [5, 5.41) is 9.74. The van der Waals surface area contributed by atoms with Crippen molar-refractivity contribution in [2.45, 2.75) is 39.2 Å². The molecule has 0 amide bonds. The Morgan fingerprint density at radius 3 is 2.68 bits per heavy atom. The van der Waals surface area contributed by atoms with E-state index in [1.807, 2.05) is 6.92 Å². The molecular formula is C12H23NO5S. The van der Waals surface area contributed by atoms with Crippen molar-refractivity contribution in [3.8, 4) is 0 Å². The second kappa shape index (κ2) is 7.21. The Balaban J connectivity index is 2.55. The minimum absolute atomic E-state index is 0.0221. The quantitative estimate of drug-likeness (QED) is 0.715.